The number of hydrogen-bond acceptors (Lipinski definition) is 3. The van der Waals surface area contributed by atoms with E-state index >= 15 is 0 Å². The van der Waals surface area contributed by atoms with Crippen LogP contribution in [0.2, 0.25) is 0 Å². The van der Waals surface area contributed by atoms with Crippen molar-refractivity contribution in [1.29, 1.82) is 0 Å². The predicted molar refractivity (Wildman–Crippen MR) is 95.6 cm³/mol. The number of aryl methyl sites for hydroxylation is 1. The van der Waals surface area contributed by atoms with Gasteiger partial charge < -0.3 is 4.98 Å². The van der Waals surface area contributed by atoms with Crippen LogP contribution in [0.1, 0.15) is 15.4 Å². The van der Waals surface area contributed by atoms with Crippen molar-refractivity contribution in [2.75, 3.05) is 5.32 Å². The Hall–Kier alpha value is -2.99. The molecule has 0 unspecified atom stereocenters. The van der Waals surface area contributed by atoms with E-state index in [9.17, 15) is 9.59 Å². The van der Waals surface area contributed by atoms with E-state index in [1.54, 1.807) is 12.1 Å². The summed E-state index contributed by atoms with van der Waals surface area (Å²) in [5, 5.41) is 4.31. The topological polar surface area (TPSA) is 76.1 Å². The highest BCUT2D eigenvalue weighted by Crippen LogP contribution is 2.29. The van der Waals surface area contributed by atoms with Gasteiger partial charge in [-0.3, -0.25) is 4.79 Å². The fourth-order valence-corrected chi connectivity index (χ4v) is 3.78. The van der Waals surface area contributed by atoms with Crippen LogP contribution in [0, 0.1) is 6.92 Å². The molecule has 6 heteroatoms. The van der Waals surface area contributed by atoms with Gasteiger partial charge in [0.1, 0.15) is 4.88 Å². The van der Waals surface area contributed by atoms with Gasteiger partial charge in [-0.15, -0.1) is 11.3 Å². The molecule has 4 aromatic rings. The lowest BCUT2D eigenvalue weighted by Crippen LogP contribution is -2.20. The molecule has 0 aliphatic rings. The molecule has 118 valence electrons. The van der Waals surface area contributed by atoms with Crippen LogP contribution in [0.5, 0.6) is 0 Å². The first kappa shape index (κ1) is 14.6. The summed E-state index contributed by atoms with van der Waals surface area (Å²) in [6.45, 7) is 1.92. The molecule has 3 aromatic heterocycles. The summed E-state index contributed by atoms with van der Waals surface area (Å²) in [4.78, 5) is 31.2. The van der Waals surface area contributed by atoms with Crippen LogP contribution in [-0.4, -0.2) is 10.9 Å². The van der Waals surface area contributed by atoms with Gasteiger partial charge in [0.15, 0.2) is 0 Å². The number of anilines is 1. The van der Waals surface area contributed by atoms with E-state index in [0.717, 1.165) is 21.3 Å². The molecule has 0 fully saturated rings. The minimum absolute atomic E-state index is 0.180. The Morgan fingerprint density at radius 3 is 2.79 bits per heavy atom. The average Bonchev–Trinajstić information content (AvgIpc) is 3.01. The van der Waals surface area contributed by atoms with Crippen LogP contribution in [0.3, 0.4) is 0 Å². The van der Waals surface area contributed by atoms with Crippen LogP contribution in [-0.2, 0) is 0 Å². The van der Waals surface area contributed by atoms with Gasteiger partial charge in [-0.25, -0.2) is 15.1 Å². The van der Waals surface area contributed by atoms with Crippen LogP contribution in [0.15, 0.2) is 53.3 Å². The Labute approximate surface area is 141 Å². The van der Waals surface area contributed by atoms with Crippen molar-refractivity contribution >= 4 is 44.1 Å². The van der Waals surface area contributed by atoms with E-state index in [1.165, 1.54) is 11.3 Å². The van der Waals surface area contributed by atoms with Gasteiger partial charge in [-0.05, 0) is 25.1 Å². The fourth-order valence-electron chi connectivity index (χ4n) is 2.69. The maximum Gasteiger partial charge on any atom is 0.349 e. The quantitative estimate of drug-likeness (QED) is 0.590. The Morgan fingerprint density at radius 2 is 1.96 bits per heavy atom. The second-order valence-corrected chi connectivity index (χ2v) is 6.61. The number of para-hydroxylation sites is 1. The van der Waals surface area contributed by atoms with E-state index in [4.69, 9.17) is 0 Å². The van der Waals surface area contributed by atoms with Gasteiger partial charge in [0.2, 0.25) is 0 Å². The first-order valence-corrected chi connectivity index (χ1v) is 8.28. The number of fused-ring (bicyclic) bond motifs is 3. The normalized spacial score (nSPS) is 11.0. The van der Waals surface area contributed by atoms with Crippen molar-refractivity contribution in [3.63, 3.8) is 0 Å². The number of aromatic amines is 2. The molecule has 1 amide bonds. The number of nitrogens with one attached hydrogen (secondary N) is 3. The summed E-state index contributed by atoms with van der Waals surface area (Å²) >= 11 is 1.33. The van der Waals surface area contributed by atoms with E-state index in [2.05, 4.69) is 15.3 Å². The Bertz CT molecular complexity index is 1140. The van der Waals surface area contributed by atoms with Crippen LogP contribution in [0.25, 0.3) is 21.0 Å². The number of pyridine rings is 2. The lowest BCUT2D eigenvalue weighted by atomic mass is 10.2. The third-order valence-electron chi connectivity index (χ3n) is 3.81. The zero-order valence-corrected chi connectivity index (χ0v) is 13.7. The molecule has 1 aromatic carbocycles. The monoisotopic (exact) mass is 336 g/mol. The molecule has 0 atom stereocenters. The lowest BCUT2D eigenvalue weighted by molar-refractivity contribution is -0.370. The van der Waals surface area contributed by atoms with Crippen LogP contribution in [0.4, 0.5) is 5.82 Å². The number of benzene rings is 1. The van der Waals surface area contributed by atoms with Crippen molar-refractivity contribution in [3.05, 3.63) is 69.5 Å². The van der Waals surface area contributed by atoms with Crippen molar-refractivity contribution in [3.8, 4) is 0 Å². The summed E-state index contributed by atoms with van der Waals surface area (Å²) in [5.74, 6) is 0.387. The molecule has 0 aliphatic carbocycles. The van der Waals surface area contributed by atoms with E-state index in [-0.39, 0.29) is 11.5 Å². The third kappa shape index (κ3) is 2.47. The molecule has 24 heavy (non-hydrogen) atoms. The van der Waals surface area contributed by atoms with Crippen LogP contribution >= 0.6 is 11.3 Å². The molecule has 0 spiro atoms. The largest absolute Gasteiger partial charge is 0.349 e. The molecule has 3 heterocycles. The van der Waals surface area contributed by atoms with E-state index in [0.29, 0.717) is 16.1 Å². The van der Waals surface area contributed by atoms with E-state index in [1.807, 2.05) is 43.3 Å². The number of thiophene rings is 1. The van der Waals surface area contributed by atoms with Gasteiger partial charge in [-0.2, -0.15) is 0 Å². The zero-order chi connectivity index (χ0) is 16.7. The van der Waals surface area contributed by atoms with Gasteiger partial charge in [-0.1, -0.05) is 24.3 Å². The molecular weight excluding hydrogens is 322 g/mol. The molecular formula is C18H14N3O2S+. The lowest BCUT2D eigenvalue weighted by Gasteiger charge is -1.97. The number of H-pyrrole nitrogens is 2. The third-order valence-corrected chi connectivity index (χ3v) is 4.98. The molecule has 0 aliphatic heterocycles. The molecule has 0 saturated heterocycles. The summed E-state index contributed by atoms with van der Waals surface area (Å²) in [6.07, 6.45) is 0. The Balaban J connectivity index is 1.80. The summed E-state index contributed by atoms with van der Waals surface area (Å²) in [6, 6.07) is 14.8. The smallest absolute Gasteiger partial charge is 0.321 e. The van der Waals surface area contributed by atoms with Crippen LogP contribution < -0.4 is 15.9 Å². The first-order chi connectivity index (χ1) is 11.6. The molecule has 4 rings (SSSR count). The second kappa shape index (κ2) is 5.58. The van der Waals surface area contributed by atoms with Gasteiger partial charge in [0.05, 0.1) is 15.8 Å². The number of rotatable bonds is 2. The molecule has 3 N–H and O–H groups in total. The minimum Gasteiger partial charge on any atom is -0.321 e. The van der Waals surface area contributed by atoms with Gasteiger partial charge in [0, 0.05) is 17.0 Å². The number of hydrogen-bond donors (Lipinski definition) is 2. The highest BCUT2D eigenvalue weighted by atomic mass is 32.1. The number of amides is 1. The van der Waals surface area contributed by atoms with Gasteiger partial charge in [0.25, 0.3) is 11.4 Å². The molecule has 0 saturated carbocycles. The highest BCUT2D eigenvalue weighted by molar-refractivity contribution is 7.21. The number of carbonyl (C=O) groups is 1. The number of aromatic nitrogens is 2. The average molecular weight is 336 g/mol. The maximum absolute atomic E-state index is 12.5. The van der Waals surface area contributed by atoms with Crippen molar-refractivity contribution in [2.24, 2.45) is 0 Å². The number of carbonyl (C=O) groups excluding carboxylic acids is 1. The van der Waals surface area contributed by atoms with Crippen molar-refractivity contribution in [2.45, 2.75) is 6.92 Å². The maximum atomic E-state index is 12.5. The SMILES string of the molecule is Cc1cccc(NC(=O)c2cc3c(=O)[nH]c4ccccc4c3s2)[nH+]1. The molecule has 5 nitrogen and oxygen atoms in total. The predicted octanol–water partition coefficient (Wildman–Crippen LogP) is 3.12. The second-order valence-electron chi connectivity index (χ2n) is 5.55. The summed E-state index contributed by atoms with van der Waals surface area (Å²) < 4.78 is 0.827. The standard InChI is InChI=1S/C18H13N3O2S/c1-10-5-4-8-15(19-10)21-18(23)14-9-12-16(24-14)11-6-2-3-7-13(11)20-17(12)22/h2-9H,1H3,(H,20,22)(H,19,21,23)/p+1. The Kier molecular flexibility index (Phi) is 3.39. The minimum atomic E-state index is -0.235. The van der Waals surface area contributed by atoms with Crippen molar-refractivity contribution < 1.29 is 9.78 Å². The van der Waals surface area contributed by atoms with Gasteiger partial charge >= 0.3 is 5.91 Å². The van der Waals surface area contributed by atoms with Crippen molar-refractivity contribution in [1.82, 2.24) is 4.98 Å². The Morgan fingerprint density at radius 1 is 1.12 bits per heavy atom. The summed E-state index contributed by atoms with van der Waals surface area (Å²) in [7, 11) is 0. The fraction of sp³-hybridized carbons (Fsp3) is 0.0556. The molecule has 0 bridgehead atoms. The zero-order valence-electron chi connectivity index (χ0n) is 12.8. The highest BCUT2D eigenvalue weighted by Gasteiger charge is 2.18. The van der Waals surface area contributed by atoms with E-state index < -0.39 is 0 Å². The molecule has 0 radical (unpaired) electrons. The summed E-state index contributed by atoms with van der Waals surface area (Å²) in [5.41, 5.74) is 1.54. The first-order valence-electron chi connectivity index (χ1n) is 7.47.